The lowest BCUT2D eigenvalue weighted by Gasteiger charge is -2.18. The minimum atomic E-state index is 0.164. The Bertz CT molecular complexity index is 852. The van der Waals surface area contributed by atoms with Gasteiger partial charge >= 0.3 is 0 Å². The Kier molecular flexibility index (Phi) is 4.72. The lowest BCUT2D eigenvalue weighted by Crippen LogP contribution is -2.10. The van der Waals surface area contributed by atoms with Gasteiger partial charge in [0.1, 0.15) is 0 Å². The van der Waals surface area contributed by atoms with E-state index in [1.54, 1.807) is 0 Å². The summed E-state index contributed by atoms with van der Waals surface area (Å²) in [7, 11) is 0. The molecule has 24 heavy (non-hydrogen) atoms. The molecule has 0 bridgehead atoms. The first kappa shape index (κ1) is 16.7. The van der Waals surface area contributed by atoms with Crippen LogP contribution < -0.4 is 0 Å². The van der Waals surface area contributed by atoms with Crippen molar-refractivity contribution in [3.8, 4) is 5.69 Å². The fourth-order valence-corrected chi connectivity index (χ4v) is 2.94. The Morgan fingerprint density at radius 1 is 0.958 bits per heavy atom. The van der Waals surface area contributed by atoms with Gasteiger partial charge in [0.05, 0.1) is 17.6 Å². The first-order valence-electron chi connectivity index (χ1n) is 8.01. The molecule has 0 N–H and O–H groups in total. The highest BCUT2D eigenvalue weighted by atomic mass is 79.9. The minimum absolute atomic E-state index is 0.164. The van der Waals surface area contributed by atoms with Crippen LogP contribution in [0.5, 0.6) is 0 Å². The molecule has 2 aromatic carbocycles. The van der Waals surface area contributed by atoms with Crippen LogP contribution in [0.25, 0.3) is 5.69 Å². The fourth-order valence-electron chi connectivity index (χ4n) is 2.55. The van der Waals surface area contributed by atoms with Gasteiger partial charge in [0, 0.05) is 16.4 Å². The molecule has 0 unspecified atom stereocenters. The first-order chi connectivity index (χ1) is 11.4. The van der Waals surface area contributed by atoms with Gasteiger partial charge in [-0.1, -0.05) is 54.9 Å². The predicted molar refractivity (Wildman–Crippen MR) is 106 cm³/mol. The number of nitrogens with zero attached hydrogens (tertiary/aromatic N) is 2. The van der Waals surface area contributed by atoms with Crippen LogP contribution in [0.15, 0.2) is 76.3 Å². The van der Waals surface area contributed by atoms with Crippen LogP contribution in [0.2, 0.25) is 0 Å². The van der Waals surface area contributed by atoms with Crippen LogP contribution in [0.4, 0.5) is 5.69 Å². The van der Waals surface area contributed by atoms with Crippen LogP contribution >= 0.6 is 15.9 Å². The summed E-state index contributed by atoms with van der Waals surface area (Å²) in [5.41, 5.74) is 4.60. The minimum Gasteiger partial charge on any atom is -0.316 e. The Morgan fingerprint density at radius 2 is 1.71 bits per heavy atom. The molecule has 122 valence electrons. The molecular weight excluding hydrogens is 360 g/mol. The van der Waals surface area contributed by atoms with Crippen molar-refractivity contribution in [2.24, 2.45) is 4.99 Å². The Balaban J connectivity index is 1.85. The van der Waals surface area contributed by atoms with Crippen molar-refractivity contribution in [2.75, 3.05) is 0 Å². The summed E-state index contributed by atoms with van der Waals surface area (Å²) in [6.07, 6.45) is 3.96. The van der Waals surface area contributed by atoms with Crippen molar-refractivity contribution in [1.29, 1.82) is 0 Å². The molecule has 0 spiro atoms. The Morgan fingerprint density at radius 3 is 2.38 bits per heavy atom. The quantitative estimate of drug-likeness (QED) is 0.475. The van der Waals surface area contributed by atoms with Crippen molar-refractivity contribution in [3.05, 3.63) is 82.6 Å². The summed E-state index contributed by atoms with van der Waals surface area (Å²) in [5.74, 6) is 0. The van der Waals surface area contributed by atoms with Crippen LogP contribution in [-0.4, -0.2) is 10.8 Å². The second kappa shape index (κ2) is 6.78. The number of rotatable bonds is 3. The van der Waals surface area contributed by atoms with E-state index >= 15 is 0 Å². The Hall–Kier alpha value is -2.13. The molecule has 0 radical (unpaired) electrons. The first-order valence-corrected chi connectivity index (χ1v) is 8.81. The number of hydrogen-bond acceptors (Lipinski definition) is 1. The Labute approximate surface area is 152 Å². The number of hydrogen-bond donors (Lipinski definition) is 0. The maximum absolute atomic E-state index is 4.62. The average molecular weight is 381 g/mol. The molecule has 0 aliphatic carbocycles. The summed E-state index contributed by atoms with van der Waals surface area (Å²) < 4.78 is 3.19. The summed E-state index contributed by atoms with van der Waals surface area (Å²) in [6, 6.07) is 20.8. The molecule has 0 fully saturated rings. The smallest absolute Gasteiger partial charge is 0.0639 e. The fraction of sp³-hybridized carbons (Fsp3) is 0.190. The molecular formula is C21H21BrN2. The third-order valence-electron chi connectivity index (χ3n) is 3.95. The standard InChI is InChI=1S/C21H21BrN2/c1-21(2,3)16-9-11-18(12-10-16)23-15-20-8-5-13-24(20)19-7-4-6-17(22)14-19/h4-15H,1-3H3. The van der Waals surface area contributed by atoms with Crippen molar-refractivity contribution in [1.82, 2.24) is 4.57 Å². The molecule has 3 rings (SSSR count). The lowest BCUT2D eigenvalue weighted by molar-refractivity contribution is 0.590. The molecule has 1 heterocycles. The monoisotopic (exact) mass is 380 g/mol. The van der Waals surface area contributed by atoms with E-state index in [0.29, 0.717) is 0 Å². The maximum Gasteiger partial charge on any atom is 0.0639 e. The van der Waals surface area contributed by atoms with Crippen LogP contribution in [0.3, 0.4) is 0 Å². The van der Waals surface area contributed by atoms with Gasteiger partial charge in [0.2, 0.25) is 0 Å². The summed E-state index contributed by atoms with van der Waals surface area (Å²) in [5, 5.41) is 0. The highest BCUT2D eigenvalue weighted by molar-refractivity contribution is 9.10. The maximum atomic E-state index is 4.62. The van der Waals surface area contributed by atoms with E-state index in [4.69, 9.17) is 0 Å². The van der Waals surface area contributed by atoms with Crippen LogP contribution in [-0.2, 0) is 5.41 Å². The van der Waals surface area contributed by atoms with Crippen LogP contribution in [0, 0.1) is 0 Å². The number of halogens is 1. The zero-order chi connectivity index (χ0) is 17.2. The van der Waals surface area contributed by atoms with Gasteiger partial charge in [-0.05, 0) is 53.4 Å². The second-order valence-corrected chi connectivity index (χ2v) is 7.75. The molecule has 3 heteroatoms. The number of aromatic nitrogens is 1. The normalized spacial score (nSPS) is 12.0. The largest absolute Gasteiger partial charge is 0.316 e. The molecule has 0 atom stereocenters. The van der Waals surface area contributed by atoms with Crippen molar-refractivity contribution in [3.63, 3.8) is 0 Å². The highest BCUT2D eigenvalue weighted by Gasteiger charge is 2.12. The van der Waals surface area contributed by atoms with Crippen LogP contribution in [0.1, 0.15) is 32.0 Å². The van der Waals surface area contributed by atoms with E-state index in [1.807, 2.05) is 30.6 Å². The molecule has 0 aliphatic heterocycles. The number of aliphatic imine (C=N–C) groups is 1. The van der Waals surface area contributed by atoms with Gasteiger partial charge in [-0.3, -0.25) is 4.99 Å². The lowest BCUT2D eigenvalue weighted by atomic mass is 9.87. The van der Waals surface area contributed by atoms with E-state index in [-0.39, 0.29) is 5.41 Å². The van der Waals surface area contributed by atoms with E-state index in [9.17, 15) is 0 Å². The predicted octanol–water partition coefficient (Wildman–Crippen LogP) is 6.29. The zero-order valence-electron chi connectivity index (χ0n) is 14.2. The van der Waals surface area contributed by atoms with E-state index in [2.05, 4.69) is 88.7 Å². The molecule has 0 aliphatic rings. The van der Waals surface area contributed by atoms with Gasteiger partial charge < -0.3 is 4.57 Å². The van der Waals surface area contributed by atoms with E-state index < -0.39 is 0 Å². The summed E-state index contributed by atoms with van der Waals surface area (Å²) in [6.45, 7) is 6.66. The van der Waals surface area contributed by atoms with Gasteiger partial charge in [0.15, 0.2) is 0 Å². The van der Waals surface area contributed by atoms with Gasteiger partial charge in [0.25, 0.3) is 0 Å². The highest BCUT2D eigenvalue weighted by Crippen LogP contribution is 2.24. The summed E-state index contributed by atoms with van der Waals surface area (Å²) in [4.78, 5) is 4.62. The SMILES string of the molecule is CC(C)(C)c1ccc(N=Cc2cccn2-c2cccc(Br)c2)cc1. The van der Waals surface area contributed by atoms with Gasteiger partial charge in [-0.15, -0.1) is 0 Å². The third kappa shape index (κ3) is 3.85. The molecule has 0 saturated carbocycles. The van der Waals surface area contributed by atoms with E-state index in [0.717, 1.165) is 21.5 Å². The summed E-state index contributed by atoms with van der Waals surface area (Å²) >= 11 is 3.52. The van der Waals surface area contributed by atoms with Gasteiger partial charge in [-0.25, -0.2) is 0 Å². The molecule has 2 nitrogen and oxygen atoms in total. The molecule has 0 saturated heterocycles. The van der Waals surface area contributed by atoms with Crippen molar-refractivity contribution < 1.29 is 0 Å². The average Bonchev–Trinajstić information content (AvgIpc) is 3.01. The van der Waals surface area contributed by atoms with Crippen molar-refractivity contribution >= 4 is 27.8 Å². The molecule has 3 aromatic rings. The topological polar surface area (TPSA) is 17.3 Å². The van der Waals surface area contributed by atoms with Gasteiger partial charge in [-0.2, -0.15) is 0 Å². The molecule has 0 amide bonds. The van der Waals surface area contributed by atoms with Crippen molar-refractivity contribution in [2.45, 2.75) is 26.2 Å². The second-order valence-electron chi connectivity index (χ2n) is 6.84. The molecule has 1 aromatic heterocycles. The third-order valence-corrected chi connectivity index (χ3v) is 4.44. The number of benzene rings is 2. The van der Waals surface area contributed by atoms with E-state index in [1.165, 1.54) is 5.56 Å². The zero-order valence-corrected chi connectivity index (χ0v) is 15.8.